The minimum absolute atomic E-state index is 0.119. The SMILES string of the molecule is C[C@H](C(=O)O)N1CC2(CCC1=O)CCN(C(=O)Nc1ccc(F)cc1)CC2. The molecule has 2 saturated heterocycles. The van der Waals surface area contributed by atoms with E-state index in [2.05, 4.69) is 5.32 Å². The first-order chi connectivity index (χ1) is 12.8. The molecule has 1 spiro atoms. The third kappa shape index (κ3) is 4.20. The monoisotopic (exact) mass is 377 g/mol. The summed E-state index contributed by atoms with van der Waals surface area (Å²) >= 11 is 0. The predicted molar refractivity (Wildman–Crippen MR) is 96.7 cm³/mol. The lowest BCUT2D eigenvalue weighted by Gasteiger charge is -2.48. The van der Waals surface area contributed by atoms with Crippen LogP contribution in [0, 0.1) is 11.2 Å². The highest BCUT2D eigenvalue weighted by molar-refractivity contribution is 5.89. The molecule has 0 aliphatic carbocycles. The number of aliphatic carboxylic acids is 1. The molecule has 3 rings (SSSR count). The number of hydrogen-bond acceptors (Lipinski definition) is 3. The molecule has 2 fully saturated rings. The molecule has 7 nitrogen and oxygen atoms in total. The minimum Gasteiger partial charge on any atom is -0.480 e. The summed E-state index contributed by atoms with van der Waals surface area (Å²) in [6.07, 6.45) is 2.52. The summed E-state index contributed by atoms with van der Waals surface area (Å²) in [5, 5.41) is 12.0. The summed E-state index contributed by atoms with van der Waals surface area (Å²) in [5.74, 6) is -1.48. The Bertz CT molecular complexity index is 729. The Hall–Kier alpha value is -2.64. The number of likely N-dealkylation sites (tertiary alicyclic amines) is 2. The van der Waals surface area contributed by atoms with Gasteiger partial charge in [0.25, 0.3) is 0 Å². The second kappa shape index (κ2) is 7.54. The Labute approximate surface area is 157 Å². The van der Waals surface area contributed by atoms with E-state index in [1.807, 2.05) is 0 Å². The Morgan fingerprint density at radius 2 is 1.81 bits per heavy atom. The number of benzene rings is 1. The average Bonchev–Trinajstić information content (AvgIpc) is 2.65. The molecule has 1 atom stereocenters. The number of halogens is 1. The molecule has 8 heteroatoms. The first-order valence-corrected chi connectivity index (χ1v) is 9.13. The molecule has 2 aliphatic rings. The molecule has 0 bridgehead atoms. The number of piperidine rings is 2. The zero-order valence-electron chi connectivity index (χ0n) is 15.3. The van der Waals surface area contributed by atoms with Crippen molar-refractivity contribution in [1.29, 1.82) is 0 Å². The fourth-order valence-electron chi connectivity index (χ4n) is 3.86. The Kier molecular flexibility index (Phi) is 5.34. The summed E-state index contributed by atoms with van der Waals surface area (Å²) in [7, 11) is 0. The van der Waals surface area contributed by atoms with Gasteiger partial charge in [0.1, 0.15) is 11.9 Å². The Morgan fingerprint density at radius 1 is 1.19 bits per heavy atom. The molecule has 146 valence electrons. The molecule has 2 N–H and O–H groups in total. The van der Waals surface area contributed by atoms with Crippen LogP contribution in [0.5, 0.6) is 0 Å². The second-order valence-corrected chi connectivity index (χ2v) is 7.46. The van der Waals surface area contributed by atoms with Gasteiger partial charge in [-0.15, -0.1) is 0 Å². The number of anilines is 1. The van der Waals surface area contributed by atoms with E-state index in [4.69, 9.17) is 0 Å². The summed E-state index contributed by atoms with van der Waals surface area (Å²) in [6, 6.07) is 4.53. The van der Waals surface area contributed by atoms with Crippen molar-refractivity contribution in [2.45, 2.75) is 38.6 Å². The average molecular weight is 377 g/mol. The molecule has 1 aromatic rings. The zero-order valence-corrected chi connectivity index (χ0v) is 15.3. The summed E-state index contributed by atoms with van der Waals surface area (Å²) < 4.78 is 13.0. The van der Waals surface area contributed by atoms with Gasteiger partial charge in [-0.05, 0) is 55.9 Å². The van der Waals surface area contributed by atoms with Gasteiger partial charge in [-0.25, -0.2) is 14.0 Å². The van der Waals surface area contributed by atoms with E-state index in [1.165, 1.54) is 36.1 Å². The van der Waals surface area contributed by atoms with Crippen LogP contribution in [0.25, 0.3) is 0 Å². The number of amides is 3. The van der Waals surface area contributed by atoms with Crippen LogP contribution in [0.1, 0.15) is 32.6 Å². The van der Waals surface area contributed by atoms with Gasteiger partial charge in [0.2, 0.25) is 5.91 Å². The minimum atomic E-state index is -1.00. The maximum Gasteiger partial charge on any atom is 0.326 e. The van der Waals surface area contributed by atoms with E-state index in [-0.39, 0.29) is 23.2 Å². The van der Waals surface area contributed by atoms with Crippen molar-refractivity contribution in [3.63, 3.8) is 0 Å². The number of carboxylic acid groups (broad SMARTS) is 1. The maximum atomic E-state index is 13.0. The molecule has 27 heavy (non-hydrogen) atoms. The first-order valence-electron chi connectivity index (χ1n) is 9.13. The van der Waals surface area contributed by atoms with Crippen molar-refractivity contribution in [3.05, 3.63) is 30.1 Å². The highest BCUT2D eigenvalue weighted by Crippen LogP contribution is 2.40. The molecule has 2 heterocycles. The molecule has 0 radical (unpaired) electrons. The molecular formula is C19H24FN3O4. The largest absolute Gasteiger partial charge is 0.480 e. The fourth-order valence-corrected chi connectivity index (χ4v) is 3.86. The summed E-state index contributed by atoms with van der Waals surface area (Å²) in [6.45, 7) is 3.03. The molecule has 0 unspecified atom stereocenters. The number of nitrogens with one attached hydrogen (secondary N) is 1. The molecule has 3 amide bonds. The van der Waals surface area contributed by atoms with Crippen LogP contribution in [0.15, 0.2) is 24.3 Å². The number of hydrogen-bond donors (Lipinski definition) is 2. The number of rotatable bonds is 3. The number of nitrogens with zero attached hydrogens (tertiary/aromatic N) is 2. The van der Waals surface area contributed by atoms with Gasteiger partial charge < -0.3 is 20.2 Å². The quantitative estimate of drug-likeness (QED) is 0.847. The third-order valence-corrected chi connectivity index (χ3v) is 5.73. The van der Waals surface area contributed by atoms with E-state index in [1.54, 1.807) is 4.90 Å². The van der Waals surface area contributed by atoms with E-state index in [9.17, 15) is 23.9 Å². The molecule has 0 aromatic heterocycles. The zero-order chi connectivity index (χ0) is 19.6. The standard InChI is InChI=1S/C19H24FN3O4/c1-13(17(25)26)23-12-19(7-6-16(23)24)8-10-22(11-9-19)18(27)21-15-4-2-14(20)3-5-15/h2-5,13H,6-12H2,1H3,(H,21,27)(H,25,26)/t13-/m1/s1. The molecule has 2 aliphatic heterocycles. The van der Waals surface area contributed by atoms with Crippen LogP contribution in [0.4, 0.5) is 14.9 Å². The predicted octanol–water partition coefficient (Wildman–Crippen LogP) is 2.54. The van der Waals surface area contributed by atoms with Gasteiger partial charge in [0, 0.05) is 31.7 Å². The molecule has 1 aromatic carbocycles. The van der Waals surface area contributed by atoms with E-state index >= 15 is 0 Å². The van der Waals surface area contributed by atoms with Crippen LogP contribution in [-0.4, -0.2) is 58.5 Å². The van der Waals surface area contributed by atoms with Crippen molar-refractivity contribution in [1.82, 2.24) is 9.80 Å². The van der Waals surface area contributed by atoms with E-state index in [0.717, 1.165) is 19.3 Å². The fraction of sp³-hybridized carbons (Fsp3) is 0.526. The summed E-state index contributed by atoms with van der Waals surface area (Å²) in [5.41, 5.74) is 0.399. The summed E-state index contributed by atoms with van der Waals surface area (Å²) in [4.78, 5) is 39.0. The number of carboxylic acids is 1. The van der Waals surface area contributed by atoms with Crippen molar-refractivity contribution in [2.75, 3.05) is 25.0 Å². The van der Waals surface area contributed by atoms with Crippen LogP contribution >= 0.6 is 0 Å². The van der Waals surface area contributed by atoms with Crippen LogP contribution < -0.4 is 5.32 Å². The van der Waals surface area contributed by atoms with Gasteiger partial charge in [0.15, 0.2) is 0 Å². The van der Waals surface area contributed by atoms with E-state index in [0.29, 0.717) is 31.7 Å². The molecular weight excluding hydrogens is 353 g/mol. The lowest BCUT2D eigenvalue weighted by atomic mass is 9.72. The van der Waals surface area contributed by atoms with Gasteiger partial charge in [-0.1, -0.05) is 0 Å². The van der Waals surface area contributed by atoms with Crippen molar-refractivity contribution in [2.24, 2.45) is 5.41 Å². The van der Waals surface area contributed by atoms with Crippen molar-refractivity contribution >= 4 is 23.6 Å². The molecule has 0 saturated carbocycles. The first kappa shape index (κ1) is 19.1. The van der Waals surface area contributed by atoms with Gasteiger partial charge in [-0.2, -0.15) is 0 Å². The highest BCUT2D eigenvalue weighted by atomic mass is 19.1. The lowest BCUT2D eigenvalue weighted by molar-refractivity contribution is -0.154. The number of carbonyl (C=O) groups excluding carboxylic acids is 2. The topological polar surface area (TPSA) is 90.0 Å². The Balaban J connectivity index is 1.59. The van der Waals surface area contributed by atoms with Gasteiger partial charge in [0.05, 0.1) is 0 Å². The second-order valence-electron chi connectivity index (χ2n) is 7.46. The van der Waals surface area contributed by atoms with Crippen LogP contribution in [-0.2, 0) is 9.59 Å². The number of urea groups is 1. The highest BCUT2D eigenvalue weighted by Gasteiger charge is 2.43. The third-order valence-electron chi connectivity index (χ3n) is 5.73. The van der Waals surface area contributed by atoms with E-state index < -0.39 is 12.0 Å². The smallest absolute Gasteiger partial charge is 0.326 e. The van der Waals surface area contributed by atoms with Crippen molar-refractivity contribution in [3.8, 4) is 0 Å². The Morgan fingerprint density at radius 3 is 2.41 bits per heavy atom. The number of carbonyl (C=O) groups is 3. The van der Waals surface area contributed by atoms with Crippen molar-refractivity contribution < 1.29 is 23.9 Å². The maximum absolute atomic E-state index is 13.0. The van der Waals surface area contributed by atoms with Crippen LogP contribution in [0.3, 0.4) is 0 Å². The lowest BCUT2D eigenvalue weighted by Crippen LogP contribution is -2.56. The van der Waals surface area contributed by atoms with Gasteiger partial charge in [-0.3, -0.25) is 4.79 Å². The normalized spacial score (nSPS) is 20.4. The van der Waals surface area contributed by atoms with Crippen LogP contribution in [0.2, 0.25) is 0 Å². The van der Waals surface area contributed by atoms with Gasteiger partial charge >= 0.3 is 12.0 Å².